The molecule has 3 aromatic rings. The van der Waals surface area contributed by atoms with Gasteiger partial charge in [-0.2, -0.15) is 0 Å². The van der Waals surface area contributed by atoms with Crippen LogP contribution in [-0.2, 0) is 42.8 Å². The highest BCUT2D eigenvalue weighted by Gasteiger charge is 2.31. The Labute approximate surface area is 201 Å². The predicted octanol–water partition coefficient (Wildman–Crippen LogP) is 7.28. The average Bonchev–Trinajstić information content (AvgIpc) is 2.86. The summed E-state index contributed by atoms with van der Waals surface area (Å²) in [7, 11) is -4.22. The molecule has 0 saturated heterocycles. The Hall–Kier alpha value is -2.76. The molecule has 0 saturated carbocycles. The first kappa shape index (κ1) is 25.9. The van der Waals surface area contributed by atoms with Gasteiger partial charge in [0.2, 0.25) is 0 Å². The molecular formula is C27H31O6P. The van der Waals surface area contributed by atoms with Crippen molar-refractivity contribution in [3.63, 3.8) is 0 Å². The molecule has 0 heterocycles. The van der Waals surface area contributed by atoms with Crippen LogP contribution in [0.2, 0.25) is 0 Å². The first-order valence-electron chi connectivity index (χ1n) is 11.4. The zero-order valence-electron chi connectivity index (χ0n) is 19.9. The molecule has 0 fully saturated rings. The minimum absolute atomic E-state index is 0.0326. The fourth-order valence-electron chi connectivity index (χ4n) is 3.07. The molecule has 0 bridgehead atoms. The van der Waals surface area contributed by atoms with E-state index >= 15 is 0 Å². The van der Waals surface area contributed by atoms with Crippen molar-refractivity contribution >= 4 is 13.8 Å². The lowest BCUT2D eigenvalue weighted by Crippen LogP contribution is -2.08. The number of hydrogen-bond donors (Lipinski definition) is 0. The number of rotatable bonds is 12. The number of phosphoric acid groups is 1. The molecule has 0 aliphatic rings. The van der Waals surface area contributed by atoms with Gasteiger partial charge >= 0.3 is 13.8 Å². The standard InChI is InChI=1S/C27H31O6P/c1-4-5-6-23-15-17-26(18-16-23)27(28)32-33-34(29,30-19-24-11-7-21(2)8-12-24)31-20-25-13-9-22(3)10-14-25/h7-18H,4-6,19-20H2,1-3H3. The molecule has 0 radical (unpaired) electrons. The topological polar surface area (TPSA) is 71.1 Å². The zero-order chi connectivity index (χ0) is 24.4. The van der Waals surface area contributed by atoms with E-state index in [0.717, 1.165) is 47.1 Å². The lowest BCUT2D eigenvalue weighted by Gasteiger charge is -2.17. The van der Waals surface area contributed by atoms with Crippen LogP contribution in [0, 0.1) is 13.8 Å². The molecule has 3 aromatic carbocycles. The second kappa shape index (κ2) is 12.6. The Morgan fingerprint density at radius 1 is 0.735 bits per heavy atom. The minimum Gasteiger partial charge on any atom is -0.282 e. The van der Waals surface area contributed by atoms with Gasteiger partial charge in [0.15, 0.2) is 0 Å². The van der Waals surface area contributed by atoms with Crippen molar-refractivity contribution < 1.29 is 28.0 Å². The Morgan fingerprint density at radius 3 is 1.68 bits per heavy atom. The fourth-order valence-corrected chi connectivity index (χ4v) is 4.01. The van der Waals surface area contributed by atoms with Gasteiger partial charge in [-0.15, -0.1) is 0 Å². The van der Waals surface area contributed by atoms with Crippen LogP contribution in [0.1, 0.15) is 57.9 Å². The van der Waals surface area contributed by atoms with Crippen LogP contribution >= 0.6 is 7.82 Å². The van der Waals surface area contributed by atoms with Gasteiger partial charge in [-0.25, -0.2) is 9.36 Å². The van der Waals surface area contributed by atoms with Crippen LogP contribution in [-0.4, -0.2) is 5.97 Å². The van der Waals surface area contributed by atoms with Gasteiger partial charge in [0.1, 0.15) is 0 Å². The van der Waals surface area contributed by atoms with Gasteiger partial charge in [-0.05, 0) is 55.5 Å². The molecule has 0 amide bonds. The summed E-state index contributed by atoms with van der Waals surface area (Å²) < 4.78 is 29.2. The lowest BCUT2D eigenvalue weighted by atomic mass is 10.1. The van der Waals surface area contributed by atoms with Crippen LogP contribution in [0.3, 0.4) is 0 Å². The molecule has 0 N–H and O–H groups in total. The SMILES string of the molecule is CCCCc1ccc(C(=O)OOP(=O)(OCc2ccc(C)cc2)OCc2ccc(C)cc2)cc1. The summed E-state index contributed by atoms with van der Waals surface area (Å²) in [5.74, 6) is -0.778. The number of benzene rings is 3. The smallest absolute Gasteiger partial charge is 0.282 e. The highest BCUT2D eigenvalue weighted by molar-refractivity contribution is 7.48. The summed E-state index contributed by atoms with van der Waals surface area (Å²) in [6, 6.07) is 22.1. The van der Waals surface area contributed by atoms with Crippen LogP contribution in [0.15, 0.2) is 72.8 Å². The average molecular weight is 483 g/mol. The molecule has 180 valence electrons. The minimum atomic E-state index is -4.22. The van der Waals surface area contributed by atoms with Crippen molar-refractivity contribution in [1.29, 1.82) is 0 Å². The van der Waals surface area contributed by atoms with E-state index in [1.54, 1.807) is 12.1 Å². The molecule has 0 atom stereocenters. The highest BCUT2D eigenvalue weighted by Crippen LogP contribution is 2.51. The Bertz CT molecular complexity index is 1040. The van der Waals surface area contributed by atoms with Gasteiger partial charge < -0.3 is 0 Å². The van der Waals surface area contributed by atoms with Gasteiger partial charge in [0.25, 0.3) is 0 Å². The summed E-state index contributed by atoms with van der Waals surface area (Å²) in [5.41, 5.74) is 5.16. The van der Waals surface area contributed by atoms with Crippen molar-refractivity contribution in [3.05, 3.63) is 106 Å². The Morgan fingerprint density at radius 2 is 1.21 bits per heavy atom. The fraction of sp³-hybridized carbons (Fsp3) is 0.296. The van der Waals surface area contributed by atoms with Crippen LogP contribution in [0.4, 0.5) is 0 Å². The number of phosphoric ester groups is 1. The number of hydrogen-bond acceptors (Lipinski definition) is 6. The summed E-state index contributed by atoms with van der Waals surface area (Å²) in [4.78, 5) is 17.3. The normalized spacial score (nSPS) is 11.4. The third-order valence-electron chi connectivity index (χ3n) is 5.23. The van der Waals surface area contributed by atoms with Crippen molar-refractivity contribution in [3.8, 4) is 0 Å². The number of aryl methyl sites for hydroxylation is 3. The molecular weight excluding hydrogens is 451 g/mol. The van der Waals surface area contributed by atoms with Crippen LogP contribution in [0.25, 0.3) is 0 Å². The molecule has 34 heavy (non-hydrogen) atoms. The monoisotopic (exact) mass is 482 g/mol. The number of carbonyl (C=O) groups excluding carboxylic acids is 1. The first-order valence-corrected chi connectivity index (χ1v) is 12.8. The van der Waals surface area contributed by atoms with Crippen molar-refractivity contribution in [2.45, 2.75) is 53.2 Å². The zero-order valence-corrected chi connectivity index (χ0v) is 20.8. The van der Waals surface area contributed by atoms with Crippen molar-refractivity contribution in [2.75, 3.05) is 0 Å². The van der Waals surface area contributed by atoms with E-state index in [1.165, 1.54) is 0 Å². The summed E-state index contributed by atoms with van der Waals surface area (Å²) in [6.07, 6.45) is 3.11. The van der Waals surface area contributed by atoms with Crippen LogP contribution < -0.4 is 0 Å². The molecule has 0 aliphatic carbocycles. The van der Waals surface area contributed by atoms with E-state index < -0.39 is 13.8 Å². The molecule has 0 unspecified atom stereocenters. The van der Waals surface area contributed by atoms with E-state index in [-0.39, 0.29) is 18.8 Å². The van der Waals surface area contributed by atoms with Crippen LogP contribution in [0.5, 0.6) is 0 Å². The third-order valence-corrected chi connectivity index (χ3v) is 6.38. The van der Waals surface area contributed by atoms with Gasteiger partial charge in [0, 0.05) is 0 Å². The van der Waals surface area contributed by atoms with E-state index in [9.17, 15) is 9.36 Å². The number of unbranched alkanes of at least 4 members (excludes halogenated alkanes) is 1. The third kappa shape index (κ3) is 8.23. The maximum absolute atomic E-state index is 13.3. The first-order chi connectivity index (χ1) is 16.4. The van der Waals surface area contributed by atoms with Gasteiger partial charge in [-0.3, -0.25) is 13.9 Å². The summed E-state index contributed by atoms with van der Waals surface area (Å²) >= 11 is 0. The molecule has 7 heteroatoms. The summed E-state index contributed by atoms with van der Waals surface area (Å²) in [6.45, 7) is 6.01. The van der Waals surface area contributed by atoms with Crippen molar-refractivity contribution in [1.82, 2.24) is 0 Å². The molecule has 0 spiro atoms. The summed E-state index contributed by atoms with van der Waals surface area (Å²) in [5, 5.41) is 0. The maximum atomic E-state index is 13.3. The Balaban J connectivity index is 1.64. The highest BCUT2D eigenvalue weighted by atomic mass is 31.2. The largest absolute Gasteiger partial charge is 0.511 e. The molecule has 0 aromatic heterocycles. The number of carbonyl (C=O) groups is 1. The van der Waals surface area contributed by atoms with E-state index in [4.69, 9.17) is 18.6 Å². The van der Waals surface area contributed by atoms with E-state index in [1.807, 2.05) is 74.5 Å². The molecule has 3 rings (SSSR count). The van der Waals surface area contributed by atoms with Crippen molar-refractivity contribution in [2.24, 2.45) is 0 Å². The Kier molecular flexibility index (Phi) is 9.61. The van der Waals surface area contributed by atoms with Gasteiger partial charge in [0.05, 0.1) is 18.8 Å². The van der Waals surface area contributed by atoms with Gasteiger partial charge in [-0.1, -0.05) is 89.8 Å². The predicted molar refractivity (Wildman–Crippen MR) is 131 cm³/mol. The van der Waals surface area contributed by atoms with E-state index in [2.05, 4.69) is 6.92 Å². The lowest BCUT2D eigenvalue weighted by molar-refractivity contribution is -0.174. The second-order valence-corrected chi connectivity index (χ2v) is 9.77. The maximum Gasteiger partial charge on any atom is 0.511 e. The van der Waals surface area contributed by atoms with E-state index in [0.29, 0.717) is 0 Å². The quantitative estimate of drug-likeness (QED) is 0.154. The second-order valence-electron chi connectivity index (χ2n) is 8.21. The molecule has 0 aliphatic heterocycles. The molecule has 6 nitrogen and oxygen atoms in total.